The Bertz CT molecular complexity index is 562. The van der Waals surface area contributed by atoms with Crippen molar-refractivity contribution in [2.75, 3.05) is 19.6 Å². The summed E-state index contributed by atoms with van der Waals surface area (Å²) in [4.78, 5) is 25.2. The van der Waals surface area contributed by atoms with Gasteiger partial charge in [-0.1, -0.05) is 6.92 Å². The number of hydrogen-bond acceptors (Lipinski definition) is 3. The third-order valence-corrected chi connectivity index (χ3v) is 3.91. The summed E-state index contributed by atoms with van der Waals surface area (Å²) < 4.78 is 5.72. The topological polar surface area (TPSA) is 62.6 Å². The maximum atomic E-state index is 12.1. The molecule has 120 valence electrons. The van der Waals surface area contributed by atoms with Gasteiger partial charge in [0.05, 0.1) is 6.54 Å². The molecule has 5 nitrogen and oxygen atoms in total. The second kappa shape index (κ2) is 7.29. The molecule has 1 aliphatic rings. The van der Waals surface area contributed by atoms with Crippen LogP contribution < -0.4 is 5.32 Å². The standard InChI is InChI=1S/C17H24N2O3/c1-4-18-16(20)11-19(5-2)17(21)9-7-13-6-8-15(22-13)14-10-12(14)3/h6-9,12,14H,4-5,10-11H2,1-3H3,(H,18,20)/b9-7+. The van der Waals surface area contributed by atoms with Crippen LogP contribution in [0.25, 0.3) is 6.08 Å². The second-order valence-electron chi connectivity index (χ2n) is 5.70. The minimum absolute atomic E-state index is 0.0799. The lowest BCUT2D eigenvalue weighted by atomic mass is 10.3. The predicted octanol–water partition coefficient (Wildman–Crippen LogP) is 2.40. The molecule has 1 fully saturated rings. The zero-order chi connectivity index (χ0) is 16.1. The third kappa shape index (κ3) is 4.23. The largest absolute Gasteiger partial charge is 0.461 e. The smallest absolute Gasteiger partial charge is 0.247 e. The first-order valence-corrected chi connectivity index (χ1v) is 7.88. The van der Waals surface area contributed by atoms with E-state index >= 15 is 0 Å². The first kappa shape index (κ1) is 16.3. The molecule has 1 aromatic heterocycles. The Morgan fingerprint density at radius 1 is 1.41 bits per heavy atom. The average molecular weight is 304 g/mol. The number of nitrogens with zero attached hydrogens (tertiary/aromatic N) is 1. The van der Waals surface area contributed by atoms with Crippen LogP contribution in [-0.4, -0.2) is 36.3 Å². The Hall–Kier alpha value is -2.04. The fourth-order valence-corrected chi connectivity index (χ4v) is 2.41. The third-order valence-electron chi connectivity index (χ3n) is 3.91. The maximum absolute atomic E-state index is 12.1. The Morgan fingerprint density at radius 2 is 2.14 bits per heavy atom. The SMILES string of the molecule is CCNC(=O)CN(CC)C(=O)/C=C/c1ccc(C2CC2C)o1. The van der Waals surface area contributed by atoms with Gasteiger partial charge < -0.3 is 14.6 Å². The molecule has 0 saturated heterocycles. The van der Waals surface area contributed by atoms with Crippen molar-refractivity contribution in [3.63, 3.8) is 0 Å². The van der Waals surface area contributed by atoms with E-state index in [0.717, 1.165) is 5.76 Å². The van der Waals surface area contributed by atoms with E-state index in [2.05, 4.69) is 12.2 Å². The van der Waals surface area contributed by atoms with Crippen LogP contribution >= 0.6 is 0 Å². The normalized spacial score (nSPS) is 20.1. The maximum Gasteiger partial charge on any atom is 0.247 e. The predicted molar refractivity (Wildman–Crippen MR) is 85.2 cm³/mol. The summed E-state index contributed by atoms with van der Waals surface area (Å²) in [5.41, 5.74) is 0. The highest BCUT2D eigenvalue weighted by Crippen LogP contribution is 2.47. The minimum Gasteiger partial charge on any atom is -0.461 e. The highest BCUT2D eigenvalue weighted by atomic mass is 16.3. The van der Waals surface area contributed by atoms with Crippen molar-refractivity contribution in [2.45, 2.75) is 33.1 Å². The zero-order valence-electron chi connectivity index (χ0n) is 13.5. The Morgan fingerprint density at radius 3 is 2.73 bits per heavy atom. The number of likely N-dealkylation sites (N-methyl/N-ethyl adjacent to an activating group) is 2. The molecule has 0 spiro atoms. The molecule has 22 heavy (non-hydrogen) atoms. The number of carbonyl (C=O) groups excluding carboxylic acids is 2. The lowest BCUT2D eigenvalue weighted by molar-refractivity contribution is -0.132. The van der Waals surface area contributed by atoms with Gasteiger partial charge in [0.1, 0.15) is 11.5 Å². The lowest BCUT2D eigenvalue weighted by Crippen LogP contribution is -2.39. The number of hydrogen-bond donors (Lipinski definition) is 1. The van der Waals surface area contributed by atoms with Gasteiger partial charge in [-0.2, -0.15) is 0 Å². The monoisotopic (exact) mass is 304 g/mol. The van der Waals surface area contributed by atoms with Gasteiger partial charge in [0.25, 0.3) is 0 Å². The summed E-state index contributed by atoms with van der Waals surface area (Å²) in [6.07, 6.45) is 4.30. The Labute approximate surface area is 131 Å². The van der Waals surface area contributed by atoms with Crippen LogP contribution in [0.3, 0.4) is 0 Å². The Kier molecular flexibility index (Phi) is 5.41. The van der Waals surface area contributed by atoms with Crippen LogP contribution in [0.4, 0.5) is 0 Å². The van der Waals surface area contributed by atoms with Gasteiger partial charge in [-0.3, -0.25) is 9.59 Å². The first-order valence-electron chi connectivity index (χ1n) is 7.88. The molecule has 2 rings (SSSR count). The molecule has 2 atom stereocenters. The lowest BCUT2D eigenvalue weighted by Gasteiger charge is -2.18. The Balaban J connectivity index is 1.91. The van der Waals surface area contributed by atoms with E-state index in [-0.39, 0.29) is 18.4 Å². The highest BCUT2D eigenvalue weighted by Gasteiger charge is 2.36. The summed E-state index contributed by atoms with van der Waals surface area (Å²) in [7, 11) is 0. The molecule has 0 aliphatic heterocycles. The van der Waals surface area contributed by atoms with Crippen LogP contribution in [0.2, 0.25) is 0 Å². The molecular weight excluding hydrogens is 280 g/mol. The van der Waals surface area contributed by atoms with Crippen LogP contribution in [0.1, 0.15) is 44.6 Å². The van der Waals surface area contributed by atoms with Gasteiger partial charge in [-0.05, 0) is 44.4 Å². The van der Waals surface area contributed by atoms with Gasteiger partial charge >= 0.3 is 0 Å². The summed E-state index contributed by atoms with van der Waals surface area (Å²) >= 11 is 0. The number of nitrogens with one attached hydrogen (secondary N) is 1. The molecule has 5 heteroatoms. The van der Waals surface area contributed by atoms with Crippen molar-refractivity contribution in [1.82, 2.24) is 10.2 Å². The van der Waals surface area contributed by atoms with Gasteiger partial charge in [0.15, 0.2) is 0 Å². The van der Waals surface area contributed by atoms with Crippen LogP contribution in [0.5, 0.6) is 0 Å². The molecule has 1 saturated carbocycles. The van der Waals surface area contributed by atoms with Crippen molar-refractivity contribution in [1.29, 1.82) is 0 Å². The van der Waals surface area contributed by atoms with E-state index in [1.165, 1.54) is 17.4 Å². The van der Waals surface area contributed by atoms with E-state index in [1.54, 1.807) is 6.08 Å². The van der Waals surface area contributed by atoms with E-state index < -0.39 is 0 Å². The van der Waals surface area contributed by atoms with Gasteiger partial charge in [-0.15, -0.1) is 0 Å². The number of furan rings is 1. The molecule has 1 aromatic rings. The molecular formula is C17H24N2O3. The fraction of sp³-hybridized carbons (Fsp3) is 0.529. The quantitative estimate of drug-likeness (QED) is 0.787. The van der Waals surface area contributed by atoms with Gasteiger partial charge in [0, 0.05) is 25.1 Å². The molecule has 0 radical (unpaired) electrons. The fourth-order valence-electron chi connectivity index (χ4n) is 2.41. The number of amides is 2. The summed E-state index contributed by atoms with van der Waals surface area (Å²) in [5.74, 6) is 2.56. The molecule has 0 bridgehead atoms. The molecule has 2 unspecified atom stereocenters. The van der Waals surface area contributed by atoms with Gasteiger partial charge in [0.2, 0.25) is 11.8 Å². The number of rotatable bonds is 7. The molecule has 1 N–H and O–H groups in total. The first-order chi connectivity index (χ1) is 10.5. The van der Waals surface area contributed by atoms with Crippen molar-refractivity contribution in [3.8, 4) is 0 Å². The molecule has 2 amide bonds. The van der Waals surface area contributed by atoms with Crippen LogP contribution in [0.15, 0.2) is 22.6 Å². The van der Waals surface area contributed by atoms with Gasteiger partial charge in [-0.25, -0.2) is 0 Å². The van der Waals surface area contributed by atoms with Crippen LogP contribution in [-0.2, 0) is 9.59 Å². The van der Waals surface area contributed by atoms with E-state index in [9.17, 15) is 9.59 Å². The summed E-state index contributed by atoms with van der Waals surface area (Å²) in [6.45, 7) is 7.04. The minimum atomic E-state index is -0.188. The highest BCUT2D eigenvalue weighted by molar-refractivity contribution is 5.94. The zero-order valence-corrected chi connectivity index (χ0v) is 13.5. The summed E-state index contributed by atoms with van der Waals surface area (Å²) in [6, 6.07) is 3.86. The average Bonchev–Trinajstić information content (AvgIpc) is 3.04. The van der Waals surface area contributed by atoms with E-state index in [1.807, 2.05) is 26.0 Å². The number of carbonyl (C=O) groups is 2. The van der Waals surface area contributed by atoms with Crippen molar-refractivity contribution >= 4 is 17.9 Å². The van der Waals surface area contributed by atoms with Crippen molar-refractivity contribution in [2.24, 2.45) is 5.92 Å². The molecule has 1 heterocycles. The molecule has 1 aliphatic carbocycles. The molecule has 0 aromatic carbocycles. The van der Waals surface area contributed by atoms with Crippen molar-refractivity contribution < 1.29 is 14.0 Å². The summed E-state index contributed by atoms with van der Waals surface area (Å²) in [5, 5.41) is 2.69. The van der Waals surface area contributed by atoms with Crippen molar-refractivity contribution in [3.05, 3.63) is 29.7 Å². The second-order valence-corrected chi connectivity index (χ2v) is 5.70. The van der Waals surface area contributed by atoms with E-state index in [0.29, 0.717) is 30.7 Å². The van der Waals surface area contributed by atoms with Crippen LogP contribution in [0, 0.1) is 5.92 Å². The van der Waals surface area contributed by atoms with E-state index in [4.69, 9.17) is 4.42 Å².